The Morgan fingerprint density at radius 3 is 2.77 bits per heavy atom. The third-order valence-electron chi connectivity index (χ3n) is 3.30. The van der Waals surface area contributed by atoms with Gasteiger partial charge >= 0.3 is 0 Å². The highest BCUT2D eigenvalue weighted by Gasteiger charge is 2.17. The molecule has 108 valence electrons. The maximum atomic E-state index is 9.75. The van der Waals surface area contributed by atoms with E-state index in [9.17, 15) is 5.11 Å². The number of pyridine rings is 1. The minimum absolute atomic E-state index is 0.165. The number of halogens is 1. The molecule has 1 aromatic carbocycles. The molecule has 0 bridgehead atoms. The predicted molar refractivity (Wildman–Crippen MR) is 83.2 cm³/mol. The molecular weight excluding hydrogens is 302 g/mol. The molecule has 0 fully saturated rings. The summed E-state index contributed by atoms with van der Waals surface area (Å²) in [5.74, 6) is 1.27. The van der Waals surface area contributed by atoms with Crippen molar-refractivity contribution in [3.05, 3.63) is 59.9 Å². The van der Waals surface area contributed by atoms with Gasteiger partial charge in [-0.1, -0.05) is 6.07 Å². The van der Waals surface area contributed by atoms with Crippen LogP contribution < -0.4 is 0 Å². The highest BCUT2D eigenvalue weighted by Crippen LogP contribution is 2.30. The maximum absolute atomic E-state index is 9.75. The van der Waals surface area contributed by atoms with Gasteiger partial charge in [0.1, 0.15) is 11.3 Å². The van der Waals surface area contributed by atoms with Gasteiger partial charge in [0.25, 0.3) is 0 Å². The van der Waals surface area contributed by atoms with Crippen LogP contribution in [0.1, 0.15) is 0 Å². The highest BCUT2D eigenvalue weighted by molar-refractivity contribution is 6.29. The molecule has 22 heavy (non-hydrogen) atoms. The quantitative estimate of drug-likeness (QED) is 0.607. The zero-order valence-corrected chi connectivity index (χ0v) is 12.0. The summed E-state index contributed by atoms with van der Waals surface area (Å²) in [6, 6.07) is 14.0. The smallest absolute Gasteiger partial charge is 0.194 e. The van der Waals surface area contributed by atoms with Crippen molar-refractivity contribution in [1.29, 1.82) is 0 Å². The van der Waals surface area contributed by atoms with E-state index in [0.717, 1.165) is 11.2 Å². The van der Waals surface area contributed by atoms with Crippen molar-refractivity contribution in [1.82, 2.24) is 14.5 Å². The van der Waals surface area contributed by atoms with Crippen molar-refractivity contribution < 1.29 is 9.52 Å². The Balaban J connectivity index is 2.06. The normalized spacial score (nSPS) is 11.1. The first-order chi connectivity index (χ1) is 10.7. The van der Waals surface area contributed by atoms with Gasteiger partial charge in [0, 0.05) is 12.3 Å². The Morgan fingerprint density at radius 1 is 1.09 bits per heavy atom. The van der Waals surface area contributed by atoms with Gasteiger partial charge in [-0.2, -0.15) is 0 Å². The predicted octanol–water partition coefficient (Wildman–Crippen LogP) is 4.04. The molecule has 0 unspecified atom stereocenters. The molecule has 0 aliphatic carbocycles. The van der Waals surface area contributed by atoms with Crippen LogP contribution in [0.5, 0.6) is 5.75 Å². The van der Waals surface area contributed by atoms with Gasteiger partial charge in [-0.15, -0.1) is 0 Å². The lowest BCUT2D eigenvalue weighted by molar-refractivity contribution is 0.475. The minimum atomic E-state index is 0.165. The number of benzene rings is 1. The van der Waals surface area contributed by atoms with Crippen LogP contribution in [-0.2, 0) is 0 Å². The summed E-state index contributed by atoms with van der Waals surface area (Å²) in [7, 11) is 0. The lowest BCUT2D eigenvalue weighted by atomic mass is 10.3. The Hall–Kier alpha value is -2.79. The van der Waals surface area contributed by atoms with Crippen LogP contribution >= 0.6 is 11.6 Å². The molecular formula is C16H10ClN3O2. The largest absolute Gasteiger partial charge is 0.508 e. The van der Waals surface area contributed by atoms with E-state index in [-0.39, 0.29) is 11.0 Å². The molecule has 5 nitrogen and oxygen atoms in total. The summed E-state index contributed by atoms with van der Waals surface area (Å²) in [4.78, 5) is 8.95. The molecule has 3 heterocycles. The van der Waals surface area contributed by atoms with Crippen molar-refractivity contribution in [2.24, 2.45) is 0 Å². The van der Waals surface area contributed by atoms with Crippen LogP contribution in [0.15, 0.2) is 59.1 Å². The number of aromatic hydroxyl groups is 1. The number of fused-ring (bicyclic) bond motifs is 1. The first-order valence-corrected chi connectivity index (χ1v) is 6.99. The van der Waals surface area contributed by atoms with E-state index in [0.29, 0.717) is 17.2 Å². The molecule has 4 aromatic rings. The zero-order chi connectivity index (χ0) is 15.1. The fourth-order valence-electron chi connectivity index (χ4n) is 2.39. The summed E-state index contributed by atoms with van der Waals surface area (Å²) < 4.78 is 7.31. The molecule has 0 saturated heterocycles. The molecule has 3 aromatic heterocycles. The highest BCUT2D eigenvalue weighted by atomic mass is 35.5. The van der Waals surface area contributed by atoms with Crippen LogP contribution in [0.4, 0.5) is 0 Å². The summed E-state index contributed by atoms with van der Waals surface area (Å²) in [5.41, 5.74) is 2.15. The number of phenolic OH excluding ortho intramolecular Hbond substituents is 1. The summed E-state index contributed by atoms with van der Waals surface area (Å²) >= 11 is 5.87. The molecule has 0 amide bonds. The minimum Gasteiger partial charge on any atom is -0.508 e. The van der Waals surface area contributed by atoms with Crippen LogP contribution in [0.3, 0.4) is 0 Å². The summed E-state index contributed by atoms with van der Waals surface area (Å²) in [6.45, 7) is 0. The second-order valence-corrected chi connectivity index (χ2v) is 5.11. The van der Waals surface area contributed by atoms with Crippen LogP contribution in [-0.4, -0.2) is 19.6 Å². The number of phenols is 1. The lowest BCUT2D eigenvalue weighted by Crippen LogP contribution is -1.97. The van der Waals surface area contributed by atoms with Gasteiger partial charge in [-0.25, -0.2) is 9.97 Å². The average Bonchev–Trinajstić information content (AvgIpc) is 3.10. The average molecular weight is 312 g/mol. The van der Waals surface area contributed by atoms with E-state index in [1.54, 1.807) is 36.5 Å². The third kappa shape index (κ3) is 2.03. The van der Waals surface area contributed by atoms with E-state index in [1.165, 1.54) is 0 Å². The summed E-state index contributed by atoms with van der Waals surface area (Å²) in [6.07, 6.45) is 1.70. The van der Waals surface area contributed by atoms with E-state index in [2.05, 4.69) is 9.97 Å². The Kier molecular flexibility index (Phi) is 2.87. The van der Waals surface area contributed by atoms with Crippen LogP contribution in [0.2, 0.25) is 5.22 Å². The van der Waals surface area contributed by atoms with E-state index in [4.69, 9.17) is 16.0 Å². The van der Waals surface area contributed by atoms with Crippen molar-refractivity contribution >= 4 is 22.8 Å². The van der Waals surface area contributed by atoms with Gasteiger partial charge in [0.05, 0.1) is 5.69 Å². The third-order valence-corrected chi connectivity index (χ3v) is 3.50. The van der Waals surface area contributed by atoms with Gasteiger partial charge in [-0.05, 0) is 48.0 Å². The molecule has 0 aliphatic heterocycles. The topological polar surface area (TPSA) is 64.1 Å². The second kappa shape index (κ2) is 4.89. The molecule has 4 rings (SSSR count). The number of rotatable bonds is 2. The molecule has 0 aliphatic rings. The first-order valence-electron chi connectivity index (χ1n) is 6.61. The number of aromatic nitrogens is 3. The molecule has 6 heteroatoms. The maximum Gasteiger partial charge on any atom is 0.194 e. The van der Waals surface area contributed by atoms with Crippen molar-refractivity contribution in [2.75, 3.05) is 0 Å². The molecule has 0 atom stereocenters. The van der Waals surface area contributed by atoms with E-state index in [1.807, 2.05) is 22.8 Å². The molecule has 0 spiro atoms. The molecule has 0 saturated carbocycles. The van der Waals surface area contributed by atoms with Gasteiger partial charge in [-0.3, -0.25) is 4.57 Å². The zero-order valence-electron chi connectivity index (χ0n) is 11.3. The Morgan fingerprint density at radius 2 is 2.00 bits per heavy atom. The number of hydrogen-bond donors (Lipinski definition) is 1. The molecule has 0 radical (unpaired) electrons. The van der Waals surface area contributed by atoms with Gasteiger partial charge < -0.3 is 9.52 Å². The van der Waals surface area contributed by atoms with E-state index >= 15 is 0 Å². The summed E-state index contributed by atoms with van der Waals surface area (Å²) in [5, 5.41) is 10.0. The van der Waals surface area contributed by atoms with Gasteiger partial charge in [0.15, 0.2) is 22.5 Å². The number of furan rings is 1. The molecule has 1 N–H and O–H groups in total. The van der Waals surface area contributed by atoms with Crippen LogP contribution in [0.25, 0.3) is 28.4 Å². The monoisotopic (exact) mass is 311 g/mol. The van der Waals surface area contributed by atoms with Crippen molar-refractivity contribution in [3.8, 4) is 23.0 Å². The van der Waals surface area contributed by atoms with E-state index < -0.39 is 0 Å². The fraction of sp³-hybridized carbons (Fsp3) is 0. The fourth-order valence-corrected chi connectivity index (χ4v) is 2.53. The lowest BCUT2D eigenvalue weighted by Gasteiger charge is -2.07. The standard InChI is InChI=1S/C16H10ClN3O2/c17-14-7-6-13(22-14)16-19-12-5-2-8-18-15(12)20(16)10-3-1-4-11(21)9-10/h1-9,21H. The van der Waals surface area contributed by atoms with Gasteiger partial charge in [0.2, 0.25) is 0 Å². The SMILES string of the molecule is Oc1cccc(-n2c(-c3ccc(Cl)o3)nc3cccnc32)c1. The Bertz CT molecular complexity index is 974. The number of imidazole rings is 1. The van der Waals surface area contributed by atoms with Crippen LogP contribution in [0, 0.1) is 0 Å². The number of hydrogen-bond acceptors (Lipinski definition) is 4. The second-order valence-electron chi connectivity index (χ2n) is 4.74. The van der Waals surface area contributed by atoms with Crippen molar-refractivity contribution in [2.45, 2.75) is 0 Å². The first kappa shape index (κ1) is 12.9. The van der Waals surface area contributed by atoms with Crippen molar-refractivity contribution in [3.63, 3.8) is 0 Å². The number of nitrogens with zero attached hydrogens (tertiary/aromatic N) is 3. The Labute approximate surface area is 130 Å².